The summed E-state index contributed by atoms with van der Waals surface area (Å²) in [6.07, 6.45) is 0.505. The van der Waals surface area contributed by atoms with Crippen LogP contribution in [0.3, 0.4) is 0 Å². The highest BCUT2D eigenvalue weighted by molar-refractivity contribution is 7.86. The van der Waals surface area contributed by atoms with Gasteiger partial charge in [0.05, 0.1) is 28.4 Å². The number of nitrogens with one attached hydrogen (secondary N) is 1. The van der Waals surface area contributed by atoms with Gasteiger partial charge < -0.3 is 15.2 Å². The lowest BCUT2D eigenvalue weighted by Crippen LogP contribution is -2.13. The first-order chi connectivity index (χ1) is 18.0. The number of ether oxygens (including phenoxy) is 1. The van der Waals surface area contributed by atoms with E-state index in [-0.39, 0.29) is 38.4 Å². The number of phenolic OH excluding ortho intramolecular Hbond substituents is 1. The third kappa shape index (κ3) is 5.44. The summed E-state index contributed by atoms with van der Waals surface area (Å²) in [4.78, 5) is 12.6. The number of azo groups is 1. The van der Waals surface area contributed by atoms with Crippen molar-refractivity contribution in [2.45, 2.75) is 18.2 Å². The van der Waals surface area contributed by atoms with Crippen LogP contribution in [0.4, 0.5) is 17.1 Å². The number of hydrogen-bond donors (Lipinski definition) is 3. The molecular weight excluding hydrogens is 553 g/mol. The van der Waals surface area contributed by atoms with Gasteiger partial charge in [-0.05, 0) is 47.7 Å². The molecule has 0 aliphatic heterocycles. The van der Waals surface area contributed by atoms with Crippen LogP contribution in [0.15, 0.2) is 75.8 Å². The molecule has 38 heavy (non-hydrogen) atoms. The van der Waals surface area contributed by atoms with Gasteiger partial charge in [-0.3, -0.25) is 9.35 Å². The lowest BCUT2D eigenvalue weighted by molar-refractivity contribution is 0.102. The van der Waals surface area contributed by atoms with Crippen LogP contribution >= 0.6 is 23.2 Å². The molecule has 0 atom stereocenters. The molecule has 3 N–H and O–H groups in total. The first-order valence-corrected chi connectivity index (χ1v) is 13.3. The molecule has 0 aromatic heterocycles. The van der Waals surface area contributed by atoms with Crippen molar-refractivity contribution in [3.05, 3.63) is 81.8 Å². The zero-order valence-electron chi connectivity index (χ0n) is 20.1. The predicted octanol–water partition coefficient (Wildman–Crippen LogP) is 7.34. The average molecular weight is 574 g/mol. The normalized spacial score (nSPS) is 11.7. The van der Waals surface area contributed by atoms with Crippen molar-refractivity contribution in [2.24, 2.45) is 10.2 Å². The number of phenols is 1. The molecule has 0 spiro atoms. The van der Waals surface area contributed by atoms with Gasteiger partial charge in [-0.2, -0.15) is 8.42 Å². The number of carbonyl (C=O) groups excluding carboxylic acids is 1. The zero-order valence-corrected chi connectivity index (χ0v) is 22.4. The van der Waals surface area contributed by atoms with Crippen molar-refractivity contribution in [3.8, 4) is 11.5 Å². The molecule has 0 heterocycles. The van der Waals surface area contributed by atoms with Crippen molar-refractivity contribution in [3.63, 3.8) is 0 Å². The van der Waals surface area contributed by atoms with Crippen LogP contribution < -0.4 is 10.1 Å². The lowest BCUT2D eigenvalue weighted by atomic mass is 10.0. The predicted molar refractivity (Wildman–Crippen MR) is 146 cm³/mol. The van der Waals surface area contributed by atoms with E-state index in [1.807, 2.05) is 6.92 Å². The molecule has 0 saturated heterocycles. The largest absolute Gasteiger partial charge is 0.505 e. The number of fused-ring (bicyclic) bond motifs is 1. The van der Waals surface area contributed by atoms with Crippen LogP contribution in [0.1, 0.15) is 22.8 Å². The second-order valence-electron chi connectivity index (χ2n) is 8.07. The number of amides is 1. The molecule has 4 rings (SSSR count). The van der Waals surface area contributed by atoms with E-state index in [9.17, 15) is 22.9 Å². The molecule has 0 unspecified atom stereocenters. The Labute approximate surface area is 228 Å². The zero-order chi connectivity index (χ0) is 27.6. The number of aromatic hydroxyl groups is 1. The minimum Gasteiger partial charge on any atom is -0.505 e. The fourth-order valence-corrected chi connectivity index (χ4v) is 5.32. The average Bonchev–Trinajstić information content (AvgIpc) is 2.86. The molecule has 196 valence electrons. The van der Waals surface area contributed by atoms with Crippen molar-refractivity contribution < 1.29 is 27.6 Å². The third-order valence-electron chi connectivity index (χ3n) is 5.67. The molecule has 0 bridgehead atoms. The van der Waals surface area contributed by atoms with Gasteiger partial charge in [-0.15, -0.1) is 10.2 Å². The number of methoxy groups -OCH3 is 1. The van der Waals surface area contributed by atoms with E-state index in [0.717, 1.165) is 0 Å². The van der Waals surface area contributed by atoms with E-state index in [0.29, 0.717) is 22.8 Å². The number of benzene rings is 4. The Bertz CT molecular complexity index is 1710. The highest BCUT2D eigenvalue weighted by Crippen LogP contribution is 2.42. The summed E-state index contributed by atoms with van der Waals surface area (Å²) in [7, 11) is -3.34. The Morgan fingerprint density at radius 2 is 1.76 bits per heavy atom. The van der Waals surface area contributed by atoms with Crippen LogP contribution in [0, 0.1) is 0 Å². The van der Waals surface area contributed by atoms with E-state index in [1.54, 1.807) is 42.5 Å². The number of nitrogens with zero attached hydrogens (tertiary/aromatic N) is 2. The number of hydrogen-bond acceptors (Lipinski definition) is 7. The maximum atomic E-state index is 13.2. The highest BCUT2D eigenvalue weighted by atomic mass is 35.5. The van der Waals surface area contributed by atoms with Crippen LogP contribution in [0.5, 0.6) is 11.5 Å². The van der Waals surface area contributed by atoms with Crippen LogP contribution in [0.2, 0.25) is 10.0 Å². The first-order valence-electron chi connectivity index (χ1n) is 11.1. The summed E-state index contributed by atoms with van der Waals surface area (Å²) in [5.74, 6) is -0.940. The summed E-state index contributed by atoms with van der Waals surface area (Å²) < 4.78 is 39.0. The maximum absolute atomic E-state index is 13.2. The molecule has 4 aromatic rings. The van der Waals surface area contributed by atoms with Crippen molar-refractivity contribution in [1.29, 1.82) is 0 Å². The summed E-state index contributed by atoms with van der Waals surface area (Å²) in [5, 5.41) is 23.0. The van der Waals surface area contributed by atoms with Crippen LogP contribution in [0.25, 0.3) is 10.8 Å². The van der Waals surface area contributed by atoms with Gasteiger partial charge in [-0.25, -0.2) is 0 Å². The van der Waals surface area contributed by atoms with Gasteiger partial charge in [-0.1, -0.05) is 60.5 Å². The van der Waals surface area contributed by atoms with Crippen LogP contribution in [-0.2, 0) is 16.5 Å². The summed E-state index contributed by atoms with van der Waals surface area (Å²) in [6, 6.07) is 15.9. The van der Waals surface area contributed by atoms with E-state index >= 15 is 0 Å². The molecule has 4 aromatic carbocycles. The SMILES string of the molecule is CCc1cc(Cl)c(S(=O)(=O)O)c(N=Nc2c(O)c(C(=O)Nc3cccc(Cl)c3OC)cc3ccccc23)c1. The van der Waals surface area contributed by atoms with Gasteiger partial charge in [0.2, 0.25) is 0 Å². The van der Waals surface area contributed by atoms with Gasteiger partial charge in [0.25, 0.3) is 16.0 Å². The van der Waals surface area contributed by atoms with Gasteiger partial charge >= 0.3 is 0 Å². The summed E-state index contributed by atoms with van der Waals surface area (Å²) in [6.45, 7) is 1.83. The molecule has 0 aliphatic carbocycles. The molecule has 0 fully saturated rings. The minimum absolute atomic E-state index is 0.0920. The number of anilines is 1. The van der Waals surface area contributed by atoms with E-state index in [4.69, 9.17) is 27.9 Å². The van der Waals surface area contributed by atoms with Gasteiger partial charge in [0, 0.05) is 5.39 Å². The standard InChI is InChI=1S/C26H21Cl2N3O6S/c1-3-14-11-19(28)25(38(34,35)36)21(12-14)30-31-22-16-8-5-4-7-15(16)13-17(23(22)32)26(33)29-20-10-6-9-18(27)24(20)37-2/h4-13,32H,3H2,1-2H3,(H,29,33)(H,34,35,36). The van der Waals surface area contributed by atoms with Crippen molar-refractivity contribution in [2.75, 3.05) is 12.4 Å². The van der Waals surface area contributed by atoms with Crippen LogP contribution in [-0.4, -0.2) is 31.1 Å². The third-order valence-corrected chi connectivity index (χ3v) is 7.32. The Balaban J connectivity index is 1.86. The Morgan fingerprint density at radius 3 is 2.45 bits per heavy atom. The number of halogens is 2. The quantitative estimate of drug-likeness (QED) is 0.156. The maximum Gasteiger partial charge on any atom is 0.298 e. The number of carbonyl (C=O) groups is 1. The number of aryl methyl sites for hydroxylation is 1. The second-order valence-corrected chi connectivity index (χ2v) is 10.2. The van der Waals surface area contributed by atoms with Crippen molar-refractivity contribution in [1.82, 2.24) is 0 Å². The fraction of sp³-hybridized carbons (Fsp3) is 0.115. The highest BCUT2D eigenvalue weighted by Gasteiger charge is 2.23. The smallest absolute Gasteiger partial charge is 0.298 e. The molecule has 1 amide bonds. The Morgan fingerprint density at radius 1 is 1.03 bits per heavy atom. The number of para-hydroxylation sites is 1. The Hall–Kier alpha value is -3.70. The fourth-order valence-electron chi connectivity index (χ4n) is 3.87. The van der Waals surface area contributed by atoms with Gasteiger partial charge in [0.1, 0.15) is 16.3 Å². The lowest BCUT2D eigenvalue weighted by Gasteiger charge is -2.14. The topological polar surface area (TPSA) is 138 Å². The van der Waals surface area contributed by atoms with E-state index < -0.39 is 26.7 Å². The molecule has 9 nitrogen and oxygen atoms in total. The Kier molecular flexibility index (Phi) is 7.89. The first kappa shape index (κ1) is 27.3. The van der Waals surface area contributed by atoms with E-state index in [1.165, 1.54) is 25.3 Å². The molecule has 0 radical (unpaired) electrons. The van der Waals surface area contributed by atoms with Crippen molar-refractivity contribution >= 4 is 67.1 Å². The van der Waals surface area contributed by atoms with E-state index in [2.05, 4.69) is 15.5 Å². The van der Waals surface area contributed by atoms with Gasteiger partial charge in [0.15, 0.2) is 11.5 Å². The second kappa shape index (κ2) is 11.0. The minimum atomic E-state index is -4.75. The number of rotatable bonds is 7. The summed E-state index contributed by atoms with van der Waals surface area (Å²) >= 11 is 12.3. The summed E-state index contributed by atoms with van der Waals surface area (Å²) in [5.41, 5.74) is 0.484. The molecular formula is C26H21Cl2N3O6S. The molecule has 0 saturated carbocycles. The molecule has 12 heteroatoms. The monoisotopic (exact) mass is 573 g/mol. The molecule has 0 aliphatic rings.